The molecule has 0 aromatic heterocycles. The zero-order valence-electron chi connectivity index (χ0n) is 70.9. The van der Waals surface area contributed by atoms with Crippen LogP contribution >= 0.6 is 0 Å². The zero-order valence-corrected chi connectivity index (χ0v) is 54.9. The highest BCUT2D eigenvalue weighted by molar-refractivity contribution is 7.03. The van der Waals surface area contributed by atoms with Crippen LogP contribution in [0.1, 0.15) is 127 Å². The van der Waals surface area contributed by atoms with E-state index in [1.807, 2.05) is 131 Å². The van der Waals surface area contributed by atoms with Crippen molar-refractivity contribution in [3.05, 3.63) is 277 Å². The number of fused-ring (bicyclic) bond motifs is 9. The van der Waals surface area contributed by atoms with Crippen LogP contribution in [0.5, 0.6) is 23.0 Å². The quantitative estimate of drug-likeness (QED) is 0.149. The van der Waals surface area contributed by atoms with Gasteiger partial charge in [0, 0.05) is 56.5 Å². The van der Waals surface area contributed by atoms with Gasteiger partial charge in [0.2, 0.25) is 0 Å². The van der Waals surface area contributed by atoms with E-state index in [9.17, 15) is 21.9 Å². The van der Waals surface area contributed by atoms with Crippen molar-refractivity contribution in [2.24, 2.45) is 0 Å². The average molecular weight is 1230 g/mol. The van der Waals surface area contributed by atoms with E-state index in [2.05, 4.69) is 98.7 Å². The monoisotopic (exact) mass is 1230 g/mol. The van der Waals surface area contributed by atoms with Gasteiger partial charge in [-0.3, -0.25) is 0 Å². The number of hydrogen-bond donors (Lipinski definition) is 0. The molecule has 0 saturated carbocycles. The molecular weight excluding hydrogens is 1140 g/mol. The van der Waals surface area contributed by atoms with Gasteiger partial charge in [0.25, 0.3) is 13.4 Å². The van der Waals surface area contributed by atoms with Gasteiger partial charge in [-0.25, -0.2) is 0 Å². The molecule has 0 aliphatic carbocycles. The van der Waals surface area contributed by atoms with Crippen LogP contribution in [-0.4, -0.2) is 13.4 Å². The lowest BCUT2D eigenvalue weighted by Crippen LogP contribution is -2.65. The van der Waals surface area contributed by atoms with E-state index < -0.39 is 137 Å². The normalized spacial score (nSPS) is 16.0. The third-order valence-electron chi connectivity index (χ3n) is 18.8. The highest BCUT2D eigenvalue weighted by atomic mass is 16.5. The molecule has 94 heavy (non-hydrogen) atoms. The van der Waals surface area contributed by atoms with Gasteiger partial charge in [0.15, 0.2) is 0 Å². The van der Waals surface area contributed by atoms with Crippen molar-refractivity contribution in [1.29, 1.82) is 0 Å². The van der Waals surface area contributed by atoms with E-state index in [1.54, 1.807) is 20.8 Å². The van der Waals surface area contributed by atoms with Crippen LogP contribution < -0.4 is 52.1 Å². The first kappa shape index (κ1) is 43.7. The summed E-state index contributed by atoms with van der Waals surface area (Å²) < 4.78 is 176. The minimum absolute atomic E-state index is 0.000887. The fourth-order valence-corrected chi connectivity index (χ4v) is 13.9. The third-order valence-corrected chi connectivity index (χ3v) is 18.8. The molecule has 0 N–H and O–H groups in total. The second-order valence-corrected chi connectivity index (χ2v) is 29.2. The molecule has 0 spiro atoms. The van der Waals surface area contributed by atoms with Gasteiger partial charge in [-0.2, -0.15) is 0 Å². The number of nitrogens with zero attached hydrogens (tertiary/aromatic N) is 2. The Bertz CT molecular complexity index is 5820. The van der Waals surface area contributed by atoms with E-state index in [0.717, 1.165) is 38.9 Å². The lowest BCUT2D eigenvalue weighted by atomic mass is 9.30. The molecule has 12 aromatic rings. The molecule has 4 aliphatic heterocycles. The molecule has 0 amide bonds. The summed E-state index contributed by atoms with van der Waals surface area (Å²) in [6.45, 7) is 21.4. The van der Waals surface area contributed by atoms with E-state index >= 15 is 0 Å². The minimum atomic E-state index is -1.58. The first-order valence-electron chi connectivity index (χ1n) is 40.2. The van der Waals surface area contributed by atoms with Crippen molar-refractivity contribution in [3.8, 4) is 78.6 Å². The van der Waals surface area contributed by atoms with E-state index in [0.29, 0.717) is 50.5 Å². The molecule has 0 bridgehead atoms. The van der Waals surface area contributed by atoms with Gasteiger partial charge in [-0.15, -0.1) is 0 Å². The predicted octanol–water partition coefficient (Wildman–Crippen LogP) is 20.0. The Morgan fingerprint density at radius 2 is 0.702 bits per heavy atom. The summed E-state index contributed by atoms with van der Waals surface area (Å²) in [4.78, 5) is 4.03. The van der Waals surface area contributed by atoms with Crippen LogP contribution in [0.25, 0.3) is 55.6 Å². The maximum absolute atomic E-state index is 11.6. The smallest absolute Gasteiger partial charge is 0.260 e. The molecular formula is C88H78B2N2O2. The Kier molecular flexibility index (Phi) is 10.1. The largest absolute Gasteiger partial charge is 0.459 e. The number of benzene rings is 12. The highest BCUT2D eigenvalue weighted by Crippen LogP contribution is 2.56. The average Bonchev–Trinajstić information content (AvgIpc) is 0.662. The lowest BCUT2D eigenvalue weighted by molar-refractivity contribution is 0.467. The van der Waals surface area contributed by atoms with E-state index in [4.69, 9.17) is 9.47 Å². The molecule has 4 aliphatic rings. The summed E-state index contributed by atoms with van der Waals surface area (Å²) in [5.41, 5.74) is 7.37. The van der Waals surface area contributed by atoms with Gasteiger partial charge in [0.05, 0.1) is 33.3 Å². The van der Waals surface area contributed by atoms with Crippen molar-refractivity contribution in [1.82, 2.24) is 0 Å². The van der Waals surface area contributed by atoms with Gasteiger partial charge < -0.3 is 19.3 Å². The summed E-state index contributed by atoms with van der Waals surface area (Å²) in [5.74, 6) is -1.19. The number of para-hydroxylation sites is 2. The molecule has 12 aromatic carbocycles. The molecule has 6 heteroatoms. The van der Waals surface area contributed by atoms with Crippen molar-refractivity contribution in [2.45, 2.75) is 105 Å². The maximum Gasteiger partial charge on any atom is 0.260 e. The topological polar surface area (TPSA) is 24.9 Å². The van der Waals surface area contributed by atoms with Crippen molar-refractivity contribution in [2.75, 3.05) is 9.80 Å². The standard InChI is InChI=1S/C88H78B2N2O2/c1-85(2,3)61-44-41-55(42-45-61)60-43-46-72-71(47-60)90-79-73(91(72)82-65(56-29-17-13-18-30-56)48-62(86(4,5)6)49-66(82)57-31-19-14-20-32-57)52-64(88(10,11)12)53-74(79)92(83-67(58-33-21-15-22-34-58)50-63(87(7,8)9)51-68(83)59-35-23-16-24-36-59)75-54-78-81-84(80(75)90)94-77-40-28-26-38-70(77)89(81)69-37-25-27-39-76(69)93-78/h13-54H,1-12H3/i25D,26D,27D,28D,37D,38D,39D,40D,41D,42D,43D,44D,45D,46D,47D,54D. The third kappa shape index (κ3) is 9.73. The SMILES string of the molecule is [2H]c1c([2H])c([2H])c2c(c1[2H])Oc1c([2H])c3c(c4c1B2c1c([2H])c([2H])c([2H])c([2H])c1O4)B1c2c(cc(C(C)(C)C)cc2N3c2c(-c3ccccc3)cc(C(C)(C)C)cc2-c2ccccc2)N(c2c(-c3ccccc3)cc(C(C)(C)C)cc2-c2ccccc2)c2c([2H])c([2H])c(-c3c([2H])c([2H])c(C(C)(C)C)c([2H])c3[2H])c([2H])c21. The Morgan fingerprint density at radius 3 is 1.14 bits per heavy atom. The van der Waals surface area contributed by atoms with Gasteiger partial charge >= 0.3 is 0 Å². The molecule has 0 atom stereocenters. The van der Waals surface area contributed by atoms with E-state index in [1.165, 1.54) is 0 Å². The molecule has 0 saturated heterocycles. The van der Waals surface area contributed by atoms with Crippen LogP contribution in [0.2, 0.25) is 0 Å². The number of hydrogen-bond acceptors (Lipinski definition) is 4. The molecule has 4 heterocycles. The van der Waals surface area contributed by atoms with Crippen LogP contribution in [0.4, 0.5) is 34.1 Å². The first-order valence-corrected chi connectivity index (χ1v) is 32.2. The number of anilines is 6. The number of ether oxygens (including phenoxy) is 2. The number of rotatable bonds is 7. The molecule has 458 valence electrons. The Hall–Kier alpha value is -10.0. The Labute approximate surface area is 579 Å². The predicted molar refractivity (Wildman–Crippen MR) is 400 cm³/mol. The van der Waals surface area contributed by atoms with E-state index in [-0.39, 0.29) is 73.1 Å². The fourth-order valence-electron chi connectivity index (χ4n) is 13.9. The second kappa shape index (κ2) is 21.8. The lowest BCUT2D eigenvalue weighted by Gasteiger charge is -2.48. The van der Waals surface area contributed by atoms with Crippen LogP contribution in [0.15, 0.2) is 254 Å². The maximum atomic E-state index is 11.6. The zero-order chi connectivity index (χ0) is 78.7. The summed E-state index contributed by atoms with van der Waals surface area (Å²) in [6.07, 6.45) is 0. The van der Waals surface area contributed by atoms with Gasteiger partial charge in [-0.05, 0) is 159 Å². The first-order chi connectivity index (χ1) is 51.9. The van der Waals surface area contributed by atoms with Crippen LogP contribution in [0, 0.1) is 0 Å². The van der Waals surface area contributed by atoms with Crippen LogP contribution in [-0.2, 0) is 21.7 Å². The second-order valence-electron chi connectivity index (χ2n) is 29.2. The van der Waals surface area contributed by atoms with Gasteiger partial charge in [0.1, 0.15) is 23.0 Å². The highest BCUT2D eigenvalue weighted by Gasteiger charge is 2.51. The van der Waals surface area contributed by atoms with Crippen LogP contribution in [0.3, 0.4) is 0 Å². The summed E-state index contributed by atoms with van der Waals surface area (Å²) in [7, 11) is 0. The fraction of sp³-hybridized carbons (Fsp3) is 0.182. The molecule has 4 nitrogen and oxygen atoms in total. The summed E-state index contributed by atoms with van der Waals surface area (Å²) >= 11 is 0. The van der Waals surface area contributed by atoms with Crippen molar-refractivity contribution in [3.63, 3.8) is 0 Å². The Balaban J connectivity index is 1.21. The van der Waals surface area contributed by atoms with Crippen molar-refractivity contribution >= 4 is 80.3 Å². The summed E-state index contributed by atoms with van der Waals surface area (Å²) in [6, 6.07) is 43.6. The molecule has 0 radical (unpaired) electrons. The minimum Gasteiger partial charge on any atom is -0.459 e. The molecule has 16 rings (SSSR count). The summed E-state index contributed by atoms with van der Waals surface area (Å²) in [5, 5.41) is 0. The van der Waals surface area contributed by atoms with Crippen molar-refractivity contribution < 1.29 is 31.4 Å². The Morgan fingerprint density at radius 1 is 0.309 bits per heavy atom. The van der Waals surface area contributed by atoms with Gasteiger partial charge in [-0.1, -0.05) is 277 Å². The molecule has 0 unspecified atom stereocenters. The molecule has 0 fully saturated rings.